The number of hydrogen-bond donors (Lipinski definition) is 0. The van der Waals surface area contributed by atoms with Crippen molar-refractivity contribution >= 4 is 28.5 Å². The van der Waals surface area contributed by atoms with Crippen LogP contribution in [0.4, 0.5) is 0 Å². The molecule has 26 heavy (non-hydrogen) atoms. The van der Waals surface area contributed by atoms with Gasteiger partial charge in [-0.3, -0.25) is 0 Å². The summed E-state index contributed by atoms with van der Waals surface area (Å²) in [6.07, 6.45) is 0. The lowest BCUT2D eigenvalue weighted by Crippen LogP contribution is -3.00. The van der Waals surface area contributed by atoms with Crippen LogP contribution in [0.25, 0.3) is 0 Å². The molecule has 0 amide bonds. The topological polar surface area (TPSA) is 0 Å². The molecule has 128 valence electrons. The molecular weight excluding hydrogens is 355 g/mol. The van der Waals surface area contributed by atoms with E-state index in [0.717, 1.165) is 0 Å². The molecule has 0 fully saturated rings. The lowest BCUT2D eigenvalue weighted by atomic mass is 10.3. The van der Waals surface area contributed by atoms with Gasteiger partial charge in [0.25, 0.3) is 0 Å². The number of halogens is 1. The van der Waals surface area contributed by atoms with E-state index in [2.05, 4.69) is 121 Å². The Morgan fingerprint density at radius 3 is 0.692 bits per heavy atom. The largest absolute Gasteiger partial charge is 1.00 e. The van der Waals surface area contributed by atoms with Crippen molar-refractivity contribution < 1.29 is 12.4 Å². The van der Waals surface area contributed by atoms with E-state index in [9.17, 15) is 0 Å². The van der Waals surface area contributed by atoms with Crippen LogP contribution in [0.5, 0.6) is 0 Å². The van der Waals surface area contributed by atoms with Crippen LogP contribution in [0.2, 0.25) is 0 Å². The van der Waals surface area contributed by atoms with Crippen LogP contribution in [0.1, 0.15) is 0 Å². The van der Waals surface area contributed by atoms with Gasteiger partial charge in [-0.05, 0) is 48.5 Å². The highest BCUT2D eigenvalue weighted by Crippen LogP contribution is 2.53. The highest BCUT2D eigenvalue weighted by atomic mass is 35.5. The highest BCUT2D eigenvalue weighted by Gasteiger charge is 2.47. The number of benzene rings is 4. The third-order valence-corrected chi connectivity index (χ3v) is 8.86. The van der Waals surface area contributed by atoms with Gasteiger partial charge in [-0.15, -0.1) is 0 Å². The number of rotatable bonds is 4. The van der Waals surface area contributed by atoms with E-state index in [1.54, 1.807) is 0 Å². The molecule has 0 aliphatic rings. The first kappa shape index (κ1) is 18.4. The summed E-state index contributed by atoms with van der Waals surface area (Å²) in [5.74, 6) is 0. The summed E-state index contributed by atoms with van der Waals surface area (Å²) in [6.45, 7) is 0. The molecule has 0 unspecified atom stereocenters. The summed E-state index contributed by atoms with van der Waals surface area (Å²) >= 11 is 0. The quantitative estimate of drug-likeness (QED) is 0.473. The Hall–Kier alpha value is -2.40. The standard InChI is InChI=1S/C24H20P.ClH/c1-5-13-21(14-6-1)25(22-15-7-2-8-16-22,23-17-9-3-10-18-23)24-19-11-4-12-20-24;/h1-20H;1H/q+1;/p-1. The lowest BCUT2D eigenvalue weighted by molar-refractivity contribution is -0.00000473. The molecule has 4 aromatic rings. The van der Waals surface area contributed by atoms with E-state index in [-0.39, 0.29) is 12.4 Å². The van der Waals surface area contributed by atoms with E-state index in [1.165, 1.54) is 21.2 Å². The fourth-order valence-corrected chi connectivity index (χ4v) is 7.77. The van der Waals surface area contributed by atoms with Gasteiger partial charge < -0.3 is 12.4 Å². The Labute approximate surface area is 162 Å². The lowest BCUT2D eigenvalue weighted by Gasteiger charge is -2.27. The molecule has 0 saturated carbocycles. The molecule has 4 rings (SSSR count). The van der Waals surface area contributed by atoms with Crippen molar-refractivity contribution in [1.29, 1.82) is 0 Å². The summed E-state index contributed by atoms with van der Waals surface area (Å²) in [5, 5.41) is 5.55. The number of hydrogen-bond acceptors (Lipinski definition) is 0. The predicted molar refractivity (Wildman–Crippen MR) is 111 cm³/mol. The first-order valence-corrected chi connectivity index (χ1v) is 10.3. The van der Waals surface area contributed by atoms with Gasteiger partial charge in [0.1, 0.15) is 28.5 Å². The van der Waals surface area contributed by atoms with Crippen molar-refractivity contribution in [3.63, 3.8) is 0 Å². The van der Waals surface area contributed by atoms with Crippen LogP contribution in [-0.2, 0) is 0 Å². The second-order valence-electron chi connectivity index (χ2n) is 6.01. The minimum absolute atomic E-state index is 0. The molecule has 4 aromatic carbocycles. The molecule has 0 aliphatic carbocycles. The van der Waals surface area contributed by atoms with Gasteiger partial charge in [-0.25, -0.2) is 0 Å². The van der Waals surface area contributed by atoms with E-state index < -0.39 is 7.26 Å². The maximum Gasteiger partial charge on any atom is 0.144 e. The second-order valence-corrected chi connectivity index (χ2v) is 9.42. The zero-order valence-electron chi connectivity index (χ0n) is 14.4. The Morgan fingerprint density at radius 2 is 0.500 bits per heavy atom. The summed E-state index contributed by atoms with van der Waals surface area (Å²) in [7, 11) is -1.91. The molecule has 2 heteroatoms. The van der Waals surface area contributed by atoms with Gasteiger partial charge in [-0.1, -0.05) is 72.8 Å². The van der Waals surface area contributed by atoms with Crippen molar-refractivity contribution in [2.24, 2.45) is 0 Å². The minimum atomic E-state index is -1.91. The van der Waals surface area contributed by atoms with Gasteiger partial charge >= 0.3 is 0 Å². The van der Waals surface area contributed by atoms with Crippen LogP contribution in [0.3, 0.4) is 0 Å². The minimum Gasteiger partial charge on any atom is -1.00 e. The SMILES string of the molecule is [Cl-].c1ccc([P+](c2ccccc2)(c2ccccc2)c2ccccc2)cc1. The van der Waals surface area contributed by atoms with Gasteiger partial charge in [0.05, 0.1) is 0 Å². The highest BCUT2D eigenvalue weighted by molar-refractivity contribution is 8.01. The van der Waals surface area contributed by atoms with E-state index in [4.69, 9.17) is 0 Å². The maximum absolute atomic E-state index is 2.28. The molecular formula is C24H20ClP. The van der Waals surface area contributed by atoms with Crippen molar-refractivity contribution in [2.45, 2.75) is 0 Å². The van der Waals surface area contributed by atoms with Gasteiger partial charge in [0.2, 0.25) is 0 Å². The molecule has 0 aromatic heterocycles. The third-order valence-electron chi connectivity index (χ3n) is 4.57. The smallest absolute Gasteiger partial charge is 0.144 e. The zero-order chi connectivity index (χ0) is 17.0. The van der Waals surface area contributed by atoms with Crippen LogP contribution in [0, 0.1) is 0 Å². The Morgan fingerprint density at radius 1 is 0.308 bits per heavy atom. The van der Waals surface area contributed by atoms with Gasteiger partial charge in [0, 0.05) is 0 Å². The maximum atomic E-state index is 2.28. The monoisotopic (exact) mass is 374 g/mol. The molecule has 0 N–H and O–H groups in total. The molecule has 0 spiro atoms. The fourth-order valence-electron chi connectivity index (χ4n) is 3.50. The normalized spacial score (nSPS) is 10.8. The molecule has 0 bridgehead atoms. The summed E-state index contributed by atoms with van der Waals surface area (Å²) in [6, 6.07) is 43.8. The van der Waals surface area contributed by atoms with Gasteiger partial charge in [-0.2, -0.15) is 0 Å². The molecule has 0 aliphatic heterocycles. The average Bonchev–Trinajstić information content (AvgIpc) is 2.72. The van der Waals surface area contributed by atoms with Crippen LogP contribution < -0.4 is 33.6 Å². The Kier molecular flexibility index (Phi) is 5.89. The molecule has 0 heterocycles. The van der Waals surface area contributed by atoms with Crippen LogP contribution in [0.15, 0.2) is 121 Å². The van der Waals surface area contributed by atoms with Crippen molar-refractivity contribution in [1.82, 2.24) is 0 Å². The van der Waals surface area contributed by atoms with Crippen molar-refractivity contribution in [2.75, 3.05) is 0 Å². The van der Waals surface area contributed by atoms with E-state index in [1.807, 2.05) is 0 Å². The molecule has 0 radical (unpaired) electrons. The second kappa shape index (κ2) is 8.32. The Bertz CT molecular complexity index is 759. The zero-order valence-corrected chi connectivity index (χ0v) is 16.0. The first-order valence-electron chi connectivity index (χ1n) is 8.54. The van der Waals surface area contributed by atoms with Crippen LogP contribution in [-0.4, -0.2) is 0 Å². The van der Waals surface area contributed by atoms with Gasteiger partial charge in [0.15, 0.2) is 0 Å². The van der Waals surface area contributed by atoms with Crippen LogP contribution >= 0.6 is 7.26 Å². The van der Waals surface area contributed by atoms with E-state index in [0.29, 0.717) is 0 Å². The van der Waals surface area contributed by atoms with E-state index >= 15 is 0 Å². The Balaban J connectivity index is 0.00000196. The van der Waals surface area contributed by atoms with Crippen molar-refractivity contribution in [3.05, 3.63) is 121 Å². The third kappa shape index (κ3) is 3.19. The summed E-state index contributed by atoms with van der Waals surface area (Å²) in [5.41, 5.74) is 0. The first-order chi connectivity index (χ1) is 12.4. The molecule has 0 atom stereocenters. The molecule has 0 saturated heterocycles. The predicted octanol–water partition coefficient (Wildman–Crippen LogP) is 1.31. The fraction of sp³-hybridized carbons (Fsp3) is 0. The molecule has 0 nitrogen and oxygen atoms in total. The average molecular weight is 375 g/mol. The summed E-state index contributed by atoms with van der Waals surface area (Å²) < 4.78 is 0. The summed E-state index contributed by atoms with van der Waals surface area (Å²) in [4.78, 5) is 0. The van der Waals surface area contributed by atoms with Crippen molar-refractivity contribution in [3.8, 4) is 0 Å².